The summed E-state index contributed by atoms with van der Waals surface area (Å²) in [5.74, 6) is 0.195. The molecular formula is C18H27N3O2. The van der Waals surface area contributed by atoms with Crippen LogP contribution in [0.4, 0.5) is 0 Å². The molecule has 23 heavy (non-hydrogen) atoms. The first-order chi connectivity index (χ1) is 11.0. The summed E-state index contributed by atoms with van der Waals surface area (Å²) in [5.41, 5.74) is 4.65. The Bertz CT molecular complexity index is 598. The maximum Gasteiger partial charge on any atom is 0.223 e. The SMILES string of the molecule is Cc1ncc2c(c1CNC(=O)C1CCOC(C)(C)C1)CCNC2. The molecule has 1 aromatic rings. The summed E-state index contributed by atoms with van der Waals surface area (Å²) in [4.78, 5) is 17.0. The molecule has 1 atom stereocenters. The third kappa shape index (κ3) is 3.72. The van der Waals surface area contributed by atoms with Crippen molar-refractivity contribution in [3.8, 4) is 0 Å². The smallest absolute Gasteiger partial charge is 0.223 e. The van der Waals surface area contributed by atoms with Crippen molar-refractivity contribution in [1.82, 2.24) is 15.6 Å². The van der Waals surface area contributed by atoms with Crippen molar-refractivity contribution in [3.05, 3.63) is 28.6 Å². The Hall–Kier alpha value is -1.46. The fourth-order valence-corrected chi connectivity index (χ4v) is 3.65. The molecule has 1 unspecified atom stereocenters. The van der Waals surface area contributed by atoms with Gasteiger partial charge in [-0.2, -0.15) is 0 Å². The molecule has 0 aromatic carbocycles. The molecule has 3 rings (SSSR count). The number of amides is 1. The number of pyridine rings is 1. The molecule has 5 heteroatoms. The number of nitrogens with zero attached hydrogens (tertiary/aromatic N) is 1. The minimum absolute atomic E-state index is 0.0493. The Morgan fingerprint density at radius 1 is 1.52 bits per heavy atom. The predicted molar refractivity (Wildman–Crippen MR) is 89.0 cm³/mol. The van der Waals surface area contributed by atoms with Crippen LogP contribution < -0.4 is 10.6 Å². The average molecular weight is 317 g/mol. The van der Waals surface area contributed by atoms with Gasteiger partial charge in [0, 0.05) is 37.5 Å². The van der Waals surface area contributed by atoms with Crippen LogP contribution in [0.1, 0.15) is 49.1 Å². The minimum atomic E-state index is -0.199. The van der Waals surface area contributed by atoms with Gasteiger partial charge in [-0.3, -0.25) is 9.78 Å². The zero-order valence-corrected chi connectivity index (χ0v) is 14.4. The lowest BCUT2D eigenvalue weighted by Gasteiger charge is -2.34. The number of aromatic nitrogens is 1. The molecule has 2 aliphatic heterocycles. The van der Waals surface area contributed by atoms with Gasteiger partial charge >= 0.3 is 0 Å². The lowest BCUT2D eigenvalue weighted by atomic mass is 9.87. The molecule has 0 aliphatic carbocycles. The van der Waals surface area contributed by atoms with E-state index in [4.69, 9.17) is 4.74 Å². The fourth-order valence-electron chi connectivity index (χ4n) is 3.65. The van der Waals surface area contributed by atoms with Gasteiger partial charge in [-0.25, -0.2) is 0 Å². The number of ether oxygens (including phenoxy) is 1. The topological polar surface area (TPSA) is 63.2 Å². The van der Waals surface area contributed by atoms with E-state index in [0.717, 1.165) is 38.0 Å². The largest absolute Gasteiger partial charge is 0.376 e. The van der Waals surface area contributed by atoms with Gasteiger partial charge in [-0.1, -0.05) is 0 Å². The number of carbonyl (C=O) groups is 1. The molecule has 3 heterocycles. The number of hydrogen-bond donors (Lipinski definition) is 2. The number of hydrogen-bond acceptors (Lipinski definition) is 4. The predicted octanol–water partition coefficient (Wildman–Crippen LogP) is 1.86. The second-order valence-electron chi connectivity index (χ2n) is 7.27. The van der Waals surface area contributed by atoms with Gasteiger partial charge in [0.15, 0.2) is 0 Å². The maximum atomic E-state index is 12.5. The first kappa shape index (κ1) is 16.4. The van der Waals surface area contributed by atoms with Gasteiger partial charge in [-0.15, -0.1) is 0 Å². The average Bonchev–Trinajstić information content (AvgIpc) is 2.52. The molecule has 0 saturated carbocycles. The number of rotatable bonds is 3. The summed E-state index contributed by atoms with van der Waals surface area (Å²) in [6.07, 6.45) is 4.56. The van der Waals surface area contributed by atoms with Gasteiger partial charge < -0.3 is 15.4 Å². The van der Waals surface area contributed by atoms with Crippen molar-refractivity contribution < 1.29 is 9.53 Å². The third-order valence-electron chi connectivity index (χ3n) is 4.98. The second-order valence-corrected chi connectivity index (χ2v) is 7.27. The van der Waals surface area contributed by atoms with Crippen molar-refractivity contribution in [3.63, 3.8) is 0 Å². The summed E-state index contributed by atoms with van der Waals surface area (Å²) >= 11 is 0. The van der Waals surface area contributed by atoms with Crippen LogP contribution in [0.5, 0.6) is 0 Å². The zero-order chi connectivity index (χ0) is 16.4. The van der Waals surface area contributed by atoms with Crippen molar-refractivity contribution in [2.75, 3.05) is 13.2 Å². The highest BCUT2D eigenvalue weighted by atomic mass is 16.5. The van der Waals surface area contributed by atoms with E-state index in [1.54, 1.807) is 0 Å². The number of carbonyl (C=O) groups excluding carboxylic acids is 1. The molecule has 2 N–H and O–H groups in total. The van der Waals surface area contributed by atoms with Crippen LogP contribution in [0.15, 0.2) is 6.20 Å². The van der Waals surface area contributed by atoms with E-state index in [1.165, 1.54) is 16.7 Å². The summed E-state index contributed by atoms with van der Waals surface area (Å²) in [6, 6.07) is 0. The monoisotopic (exact) mass is 317 g/mol. The van der Waals surface area contributed by atoms with Crippen LogP contribution in [0.3, 0.4) is 0 Å². The van der Waals surface area contributed by atoms with Crippen molar-refractivity contribution in [2.24, 2.45) is 5.92 Å². The Morgan fingerprint density at radius 2 is 2.35 bits per heavy atom. The van der Waals surface area contributed by atoms with E-state index in [1.807, 2.05) is 13.1 Å². The van der Waals surface area contributed by atoms with Crippen LogP contribution in [0.2, 0.25) is 0 Å². The number of fused-ring (bicyclic) bond motifs is 1. The van der Waals surface area contributed by atoms with Crippen molar-refractivity contribution >= 4 is 5.91 Å². The lowest BCUT2D eigenvalue weighted by molar-refractivity contribution is -0.135. The molecule has 1 amide bonds. The first-order valence-corrected chi connectivity index (χ1v) is 8.55. The number of aryl methyl sites for hydroxylation is 1. The van der Waals surface area contributed by atoms with Crippen molar-refractivity contribution in [2.45, 2.75) is 58.7 Å². The van der Waals surface area contributed by atoms with Crippen LogP contribution in [0.25, 0.3) is 0 Å². The highest BCUT2D eigenvalue weighted by molar-refractivity contribution is 5.78. The molecule has 0 radical (unpaired) electrons. The molecule has 2 aliphatic rings. The quantitative estimate of drug-likeness (QED) is 0.893. The summed E-state index contributed by atoms with van der Waals surface area (Å²) in [6.45, 7) is 9.25. The van der Waals surface area contributed by atoms with Crippen LogP contribution >= 0.6 is 0 Å². The first-order valence-electron chi connectivity index (χ1n) is 8.55. The molecule has 126 valence electrons. The maximum absolute atomic E-state index is 12.5. The molecule has 0 spiro atoms. The van der Waals surface area contributed by atoms with E-state index in [9.17, 15) is 4.79 Å². The van der Waals surface area contributed by atoms with E-state index >= 15 is 0 Å². The molecule has 1 aromatic heterocycles. The van der Waals surface area contributed by atoms with Gasteiger partial charge in [0.2, 0.25) is 5.91 Å². The van der Waals surface area contributed by atoms with Crippen molar-refractivity contribution in [1.29, 1.82) is 0 Å². The highest BCUT2D eigenvalue weighted by Gasteiger charge is 2.32. The molecular weight excluding hydrogens is 290 g/mol. The van der Waals surface area contributed by atoms with Gasteiger partial charge in [0.05, 0.1) is 5.60 Å². The summed E-state index contributed by atoms with van der Waals surface area (Å²) < 4.78 is 5.71. The lowest BCUT2D eigenvalue weighted by Crippen LogP contribution is -2.41. The van der Waals surface area contributed by atoms with Gasteiger partial charge in [0.25, 0.3) is 0 Å². The standard InChI is InChI=1S/C18H27N3O2/c1-12-16(15-4-6-19-9-14(15)10-20-12)11-21-17(22)13-5-7-23-18(2,3)8-13/h10,13,19H,4-9,11H2,1-3H3,(H,21,22). The molecule has 0 bridgehead atoms. The van der Waals surface area contributed by atoms with E-state index in [-0.39, 0.29) is 17.4 Å². The molecule has 1 saturated heterocycles. The Kier molecular flexibility index (Phi) is 4.69. The molecule has 5 nitrogen and oxygen atoms in total. The minimum Gasteiger partial charge on any atom is -0.376 e. The fraction of sp³-hybridized carbons (Fsp3) is 0.667. The normalized spacial score (nSPS) is 23.2. The van der Waals surface area contributed by atoms with E-state index in [0.29, 0.717) is 13.2 Å². The Morgan fingerprint density at radius 3 is 3.13 bits per heavy atom. The highest BCUT2D eigenvalue weighted by Crippen LogP contribution is 2.29. The summed E-state index contributed by atoms with van der Waals surface area (Å²) in [7, 11) is 0. The van der Waals surface area contributed by atoms with Crippen LogP contribution in [-0.4, -0.2) is 29.6 Å². The molecule has 1 fully saturated rings. The number of nitrogens with one attached hydrogen (secondary N) is 2. The van der Waals surface area contributed by atoms with E-state index in [2.05, 4.69) is 29.5 Å². The van der Waals surface area contributed by atoms with Gasteiger partial charge in [0.1, 0.15) is 0 Å². The van der Waals surface area contributed by atoms with Crippen LogP contribution in [0, 0.1) is 12.8 Å². The summed E-state index contributed by atoms with van der Waals surface area (Å²) in [5, 5.41) is 6.51. The Labute approximate surface area is 138 Å². The second kappa shape index (κ2) is 6.57. The zero-order valence-electron chi connectivity index (χ0n) is 14.4. The third-order valence-corrected chi connectivity index (χ3v) is 4.98. The van der Waals surface area contributed by atoms with Crippen LogP contribution in [-0.2, 0) is 29.0 Å². The van der Waals surface area contributed by atoms with E-state index < -0.39 is 0 Å². The Balaban J connectivity index is 1.67. The van der Waals surface area contributed by atoms with Gasteiger partial charge in [-0.05, 0) is 63.3 Å².